The highest BCUT2D eigenvalue weighted by Gasteiger charge is 2.22. The minimum atomic E-state index is -0.179. The molecule has 0 spiro atoms. The summed E-state index contributed by atoms with van der Waals surface area (Å²) in [5.74, 6) is 2.24. The molecule has 0 saturated carbocycles. The predicted molar refractivity (Wildman–Crippen MR) is 99.7 cm³/mol. The van der Waals surface area contributed by atoms with Crippen LogP contribution >= 0.6 is 0 Å². The van der Waals surface area contributed by atoms with Crippen molar-refractivity contribution < 1.29 is 18.3 Å². The summed E-state index contributed by atoms with van der Waals surface area (Å²) in [5, 5.41) is 8.32. The number of anilines is 1. The lowest BCUT2D eigenvalue weighted by Gasteiger charge is -2.35. The SMILES string of the molecule is Fc1ccccc1N1CCN(Cc2nnc(-c3ccc4c(c3)OCO4)o2)CC1. The van der Waals surface area contributed by atoms with E-state index in [9.17, 15) is 4.39 Å². The molecule has 28 heavy (non-hydrogen) atoms. The molecule has 0 radical (unpaired) electrons. The molecule has 1 saturated heterocycles. The average molecular weight is 382 g/mol. The highest BCUT2D eigenvalue weighted by molar-refractivity contribution is 5.60. The molecule has 0 aliphatic carbocycles. The second kappa shape index (κ2) is 7.12. The van der Waals surface area contributed by atoms with Gasteiger partial charge in [0.15, 0.2) is 11.5 Å². The Balaban J connectivity index is 1.22. The monoisotopic (exact) mass is 382 g/mol. The first-order valence-electron chi connectivity index (χ1n) is 9.20. The van der Waals surface area contributed by atoms with Crippen molar-refractivity contribution in [2.24, 2.45) is 0 Å². The van der Waals surface area contributed by atoms with Gasteiger partial charge in [-0.2, -0.15) is 0 Å². The van der Waals surface area contributed by atoms with Crippen molar-refractivity contribution in [1.29, 1.82) is 0 Å². The zero-order valence-electron chi connectivity index (χ0n) is 15.2. The lowest BCUT2D eigenvalue weighted by molar-refractivity contribution is 0.174. The number of rotatable bonds is 4. The first-order chi connectivity index (χ1) is 13.8. The molecule has 1 fully saturated rings. The van der Waals surface area contributed by atoms with Crippen molar-refractivity contribution in [3.8, 4) is 23.0 Å². The third-order valence-corrected chi connectivity index (χ3v) is 5.01. The summed E-state index contributed by atoms with van der Waals surface area (Å²) in [6.45, 7) is 3.91. The first-order valence-corrected chi connectivity index (χ1v) is 9.20. The van der Waals surface area contributed by atoms with Crippen LogP contribution in [-0.4, -0.2) is 48.1 Å². The Hall–Kier alpha value is -3.13. The van der Waals surface area contributed by atoms with Crippen molar-refractivity contribution in [1.82, 2.24) is 15.1 Å². The molecule has 3 aromatic rings. The predicted octanol–water partition coefficient (Wildman–Crippen LogP) is 2.93. The molecule has 2 aliphatic heterocycles. The summed E-state index contributed by atoms with van der Waals surface area (Å²) in [5.41, 5.74) is 1.46. The van der Waals surface area contributed by atoms with Crippen molar-refractivity contribution >= 4 is 5.69 Å². The van der Waals surface area contributed by atoms with E-state index in [1.165, 1.54) is 6.07 Å². The van der Waals surface area contributed by atoms with E-state index in [0.717, 1.165) is 37.5 Å². The number of para-hydroxylation sites is 1. The average Bonchev–Trinajstić information content (AvgIpc) is 3.38. The summed E-state index contributed by atoms with van der Waals surface area (Å²) in [6.07, 6.45) is 0. The molecule has 144 valence electrons. The molecule has 2 aliphatic rings. The fourth-order valence-corrected chi connectivity index (χ4v) is 3.51. The van der Waals surface area contributed by atoms with Crippen LogP contribution in [0.3, 0.4) is 0 Å². The van der Waals surface area contributed by atoms with Crippen LogP contribution in [-0.2, 0) is 6.54 Å². The molecule has 0 N–H and O–H groups in total. The van der Waals surface area contributed by atoms with Crippen LogP contribution in [0.5, 0.6) is 11.5 Å². The summed E-state index contributed by atoms with van der Waals surface area (Å²) >= 11 is 0. The van der Waals surface area contributed by atoms with E-state index in [4.69, 9.17) is 13.9 Å². The van der Waals surface area contributed by atoms with Gasteiger partial charge in [0.1, 0.15) is 5.82 Å². The van der Waals surface area contributed by atoms with E-state index in [1.807, 2.05) is 30.3 Å². The van der Waals surface area contributed by atoms with Gasteiger partial charge >= 0.3 is 0 Å². The third-order valence-electron chi connectivity index (χ3n) is 5.01. The molecule has 7 nitrogen and oxygen atoms in total. The molecule has 0 atom stereocenters. The summed E-state index contributed by atoms with van der Waals surface area (Å²) in [6, 6.07) is 12.4. The van der Waals surface area contributed by atoms with Gasteiger partial charge in [0, 0.05) is 31.7 Å². The van der Waals surface area contributed by atoms with Crippen molar-refractivity contribution in [2.75, 3.05) is 37.9 Å². The highest BCUT2D eigenvalue weighted by Crippen LogP contribution is 2.35. The van der Waals surface area contributed by atoms with Crippen LogP contribution in [0.2, 0.25) is 0 Å². The largest absolute Gasteiger partial charge is 0.454 e. The van der Waals surface area contributed by atoms with Crippen LogP contribution < -0.4 is 14.4 Å². The van der Waals surface area contributed by atoms with Gasteiger partial charge in [0.25, 0.3) is 0 Å². The Morgan fingerprint density at radius 1 is 0.929 bits per heavy atom. The number of halogens is 1. The van der Waals surface area contributed by atoms with Gasteiger partial charge in [-0.15, -0.1) is 10.2 Å². The molecule has 0 amide bonds. The molecule has 1 aromatic heterocycles. The van der Waals surface area contributed by atoms with Crippen molar-refractivity contribution in [3.05, 3.63) is 54.2 Å². The minimum absolute atomic E-state index is 0.179. The van der Waals surface area contributed by atoms with Crippen LogP contribution in [0.25, 0.3) is 11.5 Å². The number of piperazine rings is 1. The van der Waals surface area contributed by atoms with Crippen molar-refractivity contribution in [3.63, 3.8) is 0 Å². The fourth-order valence-electron chi connectivity index (χ4n) is 3.51. The Labute approximate surface area is 161 Å². The van der Waals surface area contributed by atoms with E-state index in [0.29, 0.717) is 29.8 Å². The van der Waals surface area contributed by atoms with Crippen LogP contribution in [0.1, 0.15) is 5.89 Å². The number of fused-ring (bicyclic) bond motifs is 1. The topological polar surface area (TPSA) is 63.9 Å². The number of aromatic nitrogens is 2. The molecule has 0 bridgehead atoms. The summed E-state index contributed by atoms with van der Waals surface area (Å²) in [4.78, 5) is 4.30. The second-order valence-electron chi connectivity index (χ2n) is 6.78. The summed E-state index contributed by atoms with van der Waals surface area (Å²) in [7, 11) is 0. The Morgan fingerprint density at radius 3 is 2.61 bits per heavy atom. The zero-order chi connectivity index (χ0) is 18.9. The maximum absolute atomic E-state index is 14.0. The van der Waals surface area contributed by atoms with Gasteiger partial charge in [0.2, 0.25) is 18.6 Å². The maximum atomic E-state index is 14.0. The van der Waals surface area contributed by atoms with E-state index in [2.05, 4.69) is 20.0 Å². The Morgan fingerprint density at radius 2 is 1.75 bits per heavy atom. The molecule has 3 heterocycles. The Kier molecular flexibility index (Phi) is 4.32. The number of hydrogen-bond donors (Lipinski definition) is 0. The third kappa shape index (κ3) is 3.27. The number of ether oxygens (including phenoxy) is 2. The van der Waals surface area contributed by atoms with Gasteiger partial charge in [-0.3, -0.25) is 4.90 Å². The smallest absolute Gasteiger partial charge is 0.247 e. The quantitative estimate of drug-likeness (QED) is 0.687. The van der Waals surface area contributed by atoms with Gasteiger partial charge in [-0.05, 0) is 30.3 Å². The normalized spacial score (nSPS) is 16.5. The van der Waals surface area contributed by atoms with Crippen LogP contribution in [0.15, 0.2) is 46.9 Å². The lowest BCUT2D eigenvalue weighted by Crippen LogP contribution is -2.46. The molecular weight excluding hydrogens is 363 g/mol. The first kappa shape index (κ1) is 17.0. The van der Waals surface area contributed by atoms with Gasteiger partial charge in [-0.1, -0.05) is 12.1 Å². The molecular formula is C20H19FN4O3. The molecule has 8 heteroatoms. The number of hydrogen-bond acceptors (Lipinski definition) is 7. The van der Waals surface area contributed by atoms with E-state index >= 15 is 0 Å². The molecule has 2 aromatic carbocycles. The minimum Gasteiger partial charge on any atom is -0.454 e. The van der Waals surface area contributed by atoms with Gasteiger partial charge < -0.3 is 18.8 Å². The van der Waals surface area contributed by atoms with E-state index in [1.54, 1.807) is 6.07 Å². The van der Waals surface area contributed by atoms with Crippen LogP contribution in [0.4, 0.5) is 10.1 Å². The van der Waals surface area contributed by atoms with E-state index in [-0.39, 0.29) is 12.6 Å². The maximum Gasteiger partial charge on any atom is 0.247 e. The van der Waals surface area contributed by atoms with Crippen LogP contribution in [0, 0.1) is 5.82 Å². The molecule has 0 unspecified atom stereocenters. The van der Waals surface area contributed by atoms with Gasteiger partial charge in [0.05, 0.1) is 12.2 Å². The zero-order valence-corrected chi connectivity index (χ0v) is 15.2. The number of benzene rings is 2. The van der Waals surface area contributed by atoms with Gasteiger partial charge in [-0.25, -0.2) is 4.39 Å². The standard InChI is InChI=1S/C20H19FN4O3/c21-15-3-1-2-4-16(15)25-9-7-24(8-10-25)12-19-22-23-20(28-19)14-5-6-17-18(11-14)27-13-26-17/h1-6,11H,7-10,12-13H2. The number of nitrogens with zero attached hydrogens (tertiary/aromatic N) is 4. The highest BCUT2D eigenvalue weighted by atomic mass is 19.1. The summed E-state index contributed by atoms with van der Waals surface area (Å²) < 4.78 is 30.5. The lowest BCUT2D eigenvalue weighted by atomic mass is 10.2. The Bertz CT molecular complexity index is 985. The van der Waals surface area contributed by atoms with E-state index < -0.39 is 0 Å². The van der Waals surface area contributed by atoms with Crippen molar-refractivity contribution in [2.45, 2.75) is 6.54 Å². The second-order valence-corrected chi connectivity index (χ2v) is 6.78. The fraction of sp³-hybridized carbons (Fsp3) is 0.300. The molecule has 5 rings (SSSR count).